The van der Waals surface area contributed by atoms with Gasteiger partial charge in [0.2, 0.25) is 0 Å². The molecule has 0 aliphatic carbocycles. The molecule has 0 saturated carbocycles. The topological polar surface area (TPSA) is 36.4 Å². The van der Waals surface area contributed by atoms with Gasteiger partial charge in [-0.25, -0.2) is 0 Å². The maximum absolute atomic E-state index is 5.38. The van der Waals surface area contributed by atoms with E-state index in [0.29, 0.717) is 5.11 Å². The highest BCUT2D eigenvalue weighted by Crippen LogP contribution is 2.29. The summed E-state index contributed by atoms with van der Waals surface area (Å²) in [6.45, 7) is 10.6. The highest BCUT2D eigenvalue weighted by molar-refractivity contribution is 7.80. The first-order valence-corrected chi connectivity index (χ1v) is 8.46. The third-order valence-corrected chi connectivity index (χ3v) is 3.97. The van der Waals surface area contributed by atoms with Crippen molar-refractivity contribution in [1.82, 2.24) is 5.43 Å². The van der Waals surface area contributed by atoms with Gasteiger partial charge >= 0.3 is 0 Å². The van der Waals surface area contributed by atoms with Crippen molar-refractivity contribution < 1.29 is 0 Å². The SMILES string of the molecule is C/C(=N\NC(=S)Nc1ccccc1C(C)(C)C)c1ccc(C)cc1. The van der Waals surface area contributed by atoms with E-state index in [1.807, 2.05) is 25.1 Å². The molecule has 0 bridgehead atoms. The zero-order chi connectivity index (χ0) is 17.7. The van der Waals surface area contributed by atoms with Gasteiger partial charge in [-0.05, 0) is 48.7 Å². The number of benzene rings is 2. The molecule has 0 unspecified atom stereocenters. The van der Waals surface area contributed by atoms with E-state index in [9.17, 15) is 0 Å². The monoisotopic (exact) mass is 339 g/mol. The molecule has 24 heavy (non-hydrogen) atoms. The first-order valence-electron chi connectivity index (χ1n) is 8.05. The van der Waals surface area contributed by atoms with Gasteiger partial charge in [-0.2, -0.15) is 5.10 Å². The molecule has 0 aliphatic heterocycles. The molecular weight excluding hydrogens is 314 g/mol. The lowest BCUT2D eigenvalue weighted by atomic mass is 9.86. The number of hydrogen-bond acceptors (Lipinski definition) is 2. The quantitative estimate of drug-likeness (QED) is 0.469. The van der Waals surface area contributed by atoms with Crippen molar-refractivity contribution in [3.8, 4) is 0 Å². The van der Waals surface area contributed by atoms with Crippen LogP contribution in [0.4, 0.5) is 5.69 Å². The maximum atomic E-state index is 5.38. The Morgan fingerprint density at radius 3 is 2.25 bits per heavy atom. The van der Waals surface area contributed by atoms with Crippen molar-refractivity contribution in [2.45, 2.75) is 40.0 Å². The molecule has 126 valence electrons. The van der Waals surface area contributed by atoms with E-state index >= 15 is 0 Å². The summed E-state index contributed by atoms with van der Waals surface area (Å²) < 4.78 is 0. The van der Waals surface area contributed by atoms with Gasteiger partial charge in [-0.15, -0.1) is 0 Å². The second-order valence-corrected chi connectivity index (χ2v) is 7.33. The Bertz CT molecular complexity index is 740. The highest BCUT2D eigenvalue weighted by atomic mass is 32.1. The third kappa shape index (κ3) is 4.90. The van der Waals surface area contributed by atoms with Crippen molar-refractivity contribution >= 4 is 28.7 Å². The van der Waals surface area contributed by atoms with Crippen LogP contribution in [0.15, 0.2) is 53.6 Å². The molecule has 2 aromatic rings. The lowest BCUT2D eigenvalue weighted by Gasteiger charge is -2.23. The molecule has 4 heteroatoms. The van der Waals surface area contributed by atoms with E-state index in [1.165, 1.54) is 11.1 Å². The minimum absolute atomic E-state index is 0.0420. The van der Waals surface area contributed by atoms with E-state index in [2.05, 4.69) is 73.9 Å². The molecule has 0 radical (unpaired) electrons. The van der Waals surface area contributed by atoms with E-state index < -0.39 is 0 Å². The molecule has 0 amide bonds. The van der Waals surface area contributed by atoms with Crippen LogP contribution in [0.1, 0.15) is 44.4 Å². The number of nitrogens with zero attached hydrogens (tertiary/aromatic N) is 1. The standard InChI is InChI=1S/C20H25N3S/c1-14-10-12-16(13-11-14)15(2)22-23-19(24)21-18-9-7-6-8-17(18)20(3,4)5/h6-13H,1-5H3,(H2,21,23,24)/b22-15+. The number of aryl methyl sites for hydroxylation is 1. The minimum atomic E-state index is 0.0420. The van der Waals surface area contributed by atoms with Crippen molar-refractivity contribution in [1.29, 1.82) is 0 Å². The van der Waals surface area contributed by atoms with Gasteiger partial charge in [0.15, 0.2) is 5.11 Å². The van der Waals surface area contributed by atoms with E-state index in [-0.39, 0.29) is 5.41 Å². The third-order valence-electron chi connectivity index (χ3n) is 3.78. The zero-order valence-electron chi connectivity index (χ0n) is 15.0. The largest absolute Gasteiger partial charge is 0.331 e. The number of rotatable bonds is 3. The van der Waals surface area contributed by atoms with E-state index in [4.69, 9.17) is 12.2 Å². The maximum Gasteiger partial charge on any atom is 0.191 e. The minimum Gasteiger partial charge on any atom is -0.331 e. The molecule has 0 spiro atoms. The Morgan fingerprint density at radius 1 is 1.00 bits per heavy atom. The normalized spacial score (nSPS) is 12.0. The summed E-state index contributed by atoms with van der Waals surface area (Å²) in [7, 11) is 0. The summed E-state index contributed by atoms with van der Waals surface area (Å²) in [5, 5.41) is 8.11. The van der Waals surface area contributed by atoms with Gasteiger partial charge in [0.1, 0.15) is 0 Å². The summed E-state index contributed by atoms with van der Waals surface area (Å²) in [5.41, 5.74) is 8.39. The first kappa shape index (κ1) is 18.1. The van der Waals surface area contributed by atoms with E-state index in [0.717, 1.165) is 17.0 Å². The number of nitrogens with one attached hydrogen (secondary N) is 2. The van der Waals surface area contributed by atoms with Crippen LogP contribution < -0.4 is 10.7 Å². The molecule has 0 atom stereocenters. The van der Waals surface area contributed by atoms with Crippen LogP contribution >= 0.6 is 12.2 Å². The fourth-order valence-electron chi connectivity index (χ4n) is 2.39. The lowest BCUT2D eigenvalue weighted by Crippen LogP contribution is -2.26. The first-order chi connectivity index (χ1) is 11.3. The van der Waals surface area contributed by atoms with Gasteiger partial charge in [0, 0.05) is 5.69 Å². The summed E-state index contributed by atoms with van der Waals surface area (Å²) >= 11 is 5.38. The number of thiocarbonyl (C=S) groups is 1. The fraction of sp³-hybridized carbons (Fsp3) is 0.300. The van der Waals surface area contributed by atoms with Crippen molar-refractivity contribution in [2.24, 2.45) is 5.10 Å². The van der Waals surface area contributed by atoms with Gasteiger partial charge in [0.05, 0.1) is 5.71 Å². The van der Waals surface area contributed by atoms with Crippen LogP contribution in [-0.2, 0) is 5.41 Å². The van der Waals surface area contributed by atoms with E-state index in [1.54, 1.807) is 0 Å². The number of hydrazone groups is 1. The summed E-state index contributed by atoms with van der Waals surface area (Å²) in [4.78, 5) is 0. The van der Waals surface area contributed by atoms with Crippen LogP contribution in [0.3, 0.4) is 0 Å². The summed E-state index contributed by atoms with van der Waals surface area (Å²) in [6.07, 6.45) is 0. The Balaban J connectivity index is 2.06. The van der Waals surface area contributed by atoms with Crippen LogP contribution in [0, 0.1) is 6.92 Å². The lowest BCUT2D eigenvalue weighted by molar-refractivity contribution is 0.592. The van der Waals surface area contributed by atoms with Crippen LogP contribution in [0.25, 0.3) is 0 Å². The summed E-state index contributed by atoms with van der Waals surface area (Å²) in [6, 6.07) is 16.5. The Kier molecular flexibility index (Phi) is 5.73. The predicted molar refractivity (Wildman–Crippen MR) is 108 cm³/mol. The van der Waals surface area contributed by atoms with Crippen LogP contribution in [0.5, 0.6) is 0 Å². The van der Waals surface area contributed by atoms with Gasteiger partial charge < -0.3 is 5.32 Å². The molecular formula is C20H25N3S. The van der Waals surface area contributed by atoms with Crippen molar-refractivity contribution in [3.05, 3.63) is 65.2 Å². The van der Waals surface area contributed by atoms with Crippen LogP contribution in [-0.4, -0.2) is 10.8 Å². The number of hydrogen-bond donors (Lipinski definition) is 2. The molecule has 3 nitrogen and oxygen atoms in total. The average Bonchev–Trinajstić information content (AvgIpc) is 2.53. The molecule has 2 rings (SSSR count). The van der Waals surface area contributed by atoms with Gasteiger partial charge in [-0.3, -0.25) is 5.43 Å². The predicted octanol–water partition coefficient (Wildman–Crippen LogP) is 5.00. The highest BCUT2D eigenvalue weighted by Gasteiger charge is 2.17. The Labute approximate surface area is 150 Å². The second-order valence-electron chi connectivity index (χ2n) is 6.92. The molecule has 0 saturated heterocycles. The van der Waals surface area contributed by atoms with Crippen molar-refractivity contribution in [2.75, 3.05) is 5.32 Å². The second kappa shape index (κ2) is 7.58. The van der Waals surface area contributed by atoms with Crippen molar-refractivity contribution in [3.63, 3.8) is 0 Å². The van der Waals surface area contributed by atoms with Gasteiger partial charge in [-0.1, -0.05) is 68.8 Å². The summed E-state index contributed by atoms with van der Waals surface area (Å²) in [5.74, 6) is 0. The molecule has 2 N–H and O–H groups in total. The molecule has 2 aromatic carbocycles. The smallest absolute Gasteiger partial charge is 0.191 e. The molecule has 0 heterocycles. The molecule has 0 aromatic heterocycles. The Morgan fingerprint density at radius 2 is 1.62 bits per heavy atom. The van der Waals surface area contributed by atoms with Gasteiger partial charge in [0.25, 0.3) is 0 Å². The molecule has 0 fully saturated rings. The fourth-order valence-corrected chi connectivity index (χ4v) is 2.55. The number of para-hydroxylation sites is 1. The average molecular weight is 340 g/mol. The van der Waals surface area contributed by atoms with Crippen LogP contribution in [0.2, 0.25) is 0 Å². The molecule has 0 aliphatic rings. The zero-order valence-corrected chi connectivity index (χ0v) is 15.8. The Hall–Kier alpha value is -2.20. The number of anilines is 1.